The molecule has 0 aromatic heterocycles. The molecule has 328 valence electrons. The van der Waals surface area contributed by atoms with Crippen molar-refractivity contribution in [1.82, 2.24) is 5.06 Å². The Labute approximate surface area is 389 Å². The largest absolute Gasteiger partial charge is 1.00 e. The van der Waals surface area contributed by atoms with Gasteiger partial charge in [-0.2, -0.15) is 13.0 Å². The zero-order valence-electron chi connectivity index (χ0n) is 36.2. The Balaban J connectivity index is 0.00000661. The molecular formula is C45H49N3NaO12S2+. The van der Waals surface area contributed by atoms with Crippen LogP contribution < -0.4 is 39.2 Å². The first-order valence-electron chi connectivity index (χ1n) is 20.3. The second-order valence-electron chi connectivity index (χ2n) is 16.6. The molecule has 4 heterocycles. The molecule has 0 bridgehead atoms. The molecule has 0 radical (unpaired) electrons. The van der Waals surface area contributed by atoms with E-state index in [0.717, 1.165) is 28.0 Å². The molecule has 3 aromatic rings. The average molecular weight is 911 g/mol. The molecule has 4 aliphatic heterocycles. The Hall–Kier alpha value is -4.46. The summed E-state index contributed by atoms with van der Waals surface area (Å²) in [5, 5.41) is 0.478. The number of carbonyl (C=O) groups excluding carboxylic acids is 3. The van der Waals surface area contributed by atoms with Crippen LogP contribution in [0.5, 0.6) is 5.75 Å². The molecule has 1 saturated heterocycles. The van der Waals surface area contributed by atoms with Gasteiger partial charge in [0.1, 0.15) is 28.2 Å². The third-order valence-electron chi connectivity index (χ3n) is 11.8. The van der Waals surface area contributed by atoms with Crippen molar-refractivity contribution in [3.63, 3.8) is 0 Å². The molecule has 1 atom stereocenters. The Morgan fingerprint density at radius 2 is 1.68 bits per heavy atom. The number of hydrogen-bond donors (Lipinski definition) is 1. The summed E-state index contributed by atoms with van der Waals surface area (Å²) in [6.07, 6.45) is 5.95. The Morgan fingerprint density at radius 3 is 2.33 bits per heavy atom. The molecule has 7 rings (SSSR count). The molecule has 0 aliphatic carbocycles. The fraction of sp³-hybridized carbons (Fsp3) is 0.378. The fourth-order valence-corrected chi connectivity index (χ4v) is 9.83. The Bertz CT molecular complexity index is 2690. The fourth-order valence-electron chi connectivity index (χ4n) is 8.83. The number of anilines is 1. The van der Waals surface area contributed by atoms with Crippen LogP contribution in [0.1, 0.15) is 88.5 Å². The Morgan fingerprint density at radius 1 is 0.984 bits per heavy atom. The summed E-state index contributed by atoms with van der Waals surface area (Å²) in [6, 6.07) is 17.6. The van der Waals surface area contributed by atoms with Crippen LogP contribution in [0.2, 0.25) is 0 Å². The zero-order chi connectivity index (χ0) is 44.8. The van der Waals surface area contributed by atoms with Gasteiger partial charge >= 0.3 is 35.5 Å². The van der Waals surface area contributed by atoms with Crippen molar-refractivity contribution in [1.29, 1.82) is 0 Å². The van der Waals surface area contributed by atoms with Gasteiger partial charge in [0.25, 0.3) is 21.9 Å². The minimum atomic E-state index is -4.93. The summed E-state index contributed by atoms with van der Waals surface area (Å²) in [5.41, 5.74) is 5.22. The first-order valence-corrected chi connectivity index (χ1v) is 23.3. The SMILES string of the molecule is COCCN1c2cc3c(cc2C(C)=CC1(C)C)C(=CC1=[N+](CCCS(=O)(=O)O)c2ccc(S(=O)(=O)[O-])cc2C1(C)CCCC(=O)ON1C(=O)CCC1=O)C=C(c1ccccc1)O3.[Na+]. The van der Waals surface area contributed by atoms with Crippen LogP contribution in [0.4, 0.5) is 11.4 Å². The quantitative estimate of drug-likeness (QED) is 0.101. The summed E-state index contributed by atoms with van der Waals surface area (Å²) in [5.74, 6) is -1.51. The van der Waals surface area contributed by atoms with Crippen LogP contribution in [-0.4, -0.2) is 97.2 Å². The van der Waals surface area contributed by atoms with Crippen LogP contribution in [0.15, 0.2) is 83.8 Å². The van der Waals surface area contributed by atoms with Gasteiger partial charge in [-0.3, -0.25) is 14.1 Å². The summed E-state index contributed by atoms with van der Waals surface area (Å²) in [7, 11) is -7.64. The second kappa shape index (κ2) is 18.6. The summed E-state index contributed by atoms with van der Waals surface area (Å²) in [4.78, 5) is 44.3. The molecule has 0 saturated carbocycles. The third kappa shape index (κ3) is 10.1. The number of hydrogen-bond acceptors (Lipinski definition) is 12. The van der Waals surface area contributed by atoms with E-state index in [1.807, 2.05) is 60.0 Å². The van der Waals surface area contributed by atoms with Gasteiger partial charge < -0.3 is 23.8 Å². The van der Waals surface area contributed by atoms with E-state index in [0.29, 0.717) is 52.3 Å². The number of rotatable bonds is 15. The van der Waals surface area contributed by atoms with E-state index < -0.39 is 54.1 Å². The van der Waals surface area contributed by atoms with Crippen LogP contribution in [0.3, 0.4) is 0 Å². The van der Waals surface area contributed by atoms with Crippen molar-refractivity contribution >= 4 is 72.0 Å². The van der Waals surface area contributed by atoms with E-state index in [9.17, 15) is 40.3 Å². The Kier molecular flexibility index (Phi) is 14.1. The number of carbonyl (C=O) groups is 3. The number of fused-ring (bicyclic) bond motifs is 3. The molecule has 1 fully saturated rings. The zero-order valence-corrected chi connectivity index (χ0v) is 39.8. The van der Waals surface area contributed by atoms with Gasteiger partial charge in [-0.05, 0) is 76.0 Å². The topological polar surface area (TPSA) is 200 Å². The van der Waals surface area contributed by atoms with Gasteiger partial charge in [0.05, 0.1) is 28.2 Å². The molecule has 1 N–H and O–H groups in total. The number of hydroxylamine groups is 2. The number of ether oxygens (including phenoxy) is 2. The van der Waals surface area contributed by atoms with Crippen molar-refractivity contribution in [2.24, 2.45) is 0 Å². The summed E-state index contributed by atoms with van der Waals surface area (Å²) in [6.45, 7) is 9.32. The van der Waals surface area contributed by atoms with Crippen LogP contribution in [0.25, 0.3) is 16.9 Å². The monoisotopic (exact) mass is 910 g/mol. The maximum absolute atomic E-state index is 13.0. The molecule has 3 aromatic carbocycles. The van der Waals surface area contributed by atoms with E-state index in [2.05, 4.69) is 37.8 Å². The average Bonchev–Trinajstić information content (AvgIpc) is 3.63. The van der Waals surface area contributed by atoms with Crippen LogP contribution >= 0.6 is 0 Å². The maximum Gasteiger partial charge on any atom is 1.00 e. The van der Waals surface area contributed by atoms with E-state index in [-0.39, 0.29) is 80.2 Å². The minimum absolute atomic E-state index is 0. The molecule has 18 heteroatoms. The maximum atomic E-state index is 13.0. The molecule has 1 unspecified atom stereocenters. The van der Waals surface area contributed by atoms with E-state index >= 15 is 0 Å². The predicted molar refractivity (Wildman–Crippen MR) is 230 cm³/mol. The predicted octanol–water partition coefficient (Wildman–Crippen LogP) is 3.17. The van der Waals surface area contributed by atoms with Gasteiger partial charge in [-0.25, -0.2) is 13.2 Å². The van der Waals surface area contributed by atoms with Crippen molar-refractivity contribution in [3.8, 4) is 5.75 Å². The normalized spacial score (nSPS) is 19.8. The van der Waals surface area contributed by atoms with Gasteiger partial charge in [-0.15, -0.1) is 5.06 Å². The van der Waals surface area contributed by atoms with E-state index in [4.69, 9.17) is 14.3 Å². The van der Waals surface area contributed by atoms with E-state index in [1.165, 1.54) is 18.2 Å². The third-order valence-corrected chi connectivity index (χ3v) is 13.4. The first kappa shape index (κ1) is 48.0. The van der Waals surface area contributed by atoms with Gasteiger partial charge in [0.15, 0.2) is 5.71 Å². The molecule has 63 heavy (non-hydrogen) atoms. The van der Waals surface area contributed by atoms with Crippen molar-refractivity contribution in [2.75, 3.05) is 37.5 Å². The summed E-state index contributed by atoms with van der Waals surface area (Å²) < 4.78 is 85.1. The number of methoxy groups -OCH3 is 1. The van der Waals surface area contributed by atoms with Crippen molar-refractivity contribution < 1.29 is 88.8 Å². The molecule has 15 nitrogen and oxygen atoms in total. The van der Waals surface area contributed by atoms with Crippen LogP contribution in [0, 0.1) is 0 Å². The molecule has 0 spiro atoms. The van der Waals surface area contributed by atoms with Crippen molar-refractivity contribution in [2.45, 2.75) is 82.1 Å². The second-order valence-corrected chi connectivity index (χ2v) is 19.6. The van der Waals surface area contributed by atoms with E-state index in [1.54, 1.807) is 7.11 Å². The van der Waals surface area contributed by atoms with Gasteiger partial charge in [0.2, 0.25) is 5.69 Å². The standard InChI is InChI=1S/C45H49N3O12S2.Na/c1-29-28-44(2,3)47(20-21-58-5)37-27-39-34(26-33(29)37)31(23-38(59-39)30-11-7-6-8-12-30)24-40-45(4,18-9-13-43(51)60-48-41(49)16-17-42(48)50)35-25-32(62(55,56)57)14-15-36(35)46(40)19-10-22-61(52,53)54;/h6-8,11-12,14-15,23-28H,9-10,13,16-22H2,1-5H3,(H-,52,53,54,55,56,57);/q;+1. The van der Waals surface area contributed by atoms with Crippen molar-refractivity contribution in [3.05, 3.63) is 101 Å². The summed E-state index contributed by atoms with van der Waals surface area (Å²) >= 11 is 0. The number of allylic oxidation sites excluding steroid dienone is 4. The van der Waals surface area contributed by atoms with Crippen LogP contribution in [-0.2, 0) is 49.6 Å². The number of nitrogens with zero attached hydrogens (tertiary/aromatic N) is 3. The van der Waals surface area contributed by atoms with Gasteiger partial charge in [0, 0.05) is 85.5 Å². The molecular weight excluding hydrogens is 862 g/mol. The smallest absolute Gasteiger partial charge is 0.744 e. The number of benzene rings is 3. The number of amides is 2. The first-order chi connectivity index (χ1) is 29.2. The molecule has 4 aliphatic rings. The molecule has 2 amide bonds. The minimum Gasteiger partial charge on any atom is -0.744 e. The number of imide groups is 1. The van der Waals surface area contributed by atoms with Gasteiger partial charge in [-0.1, -0.05) is 36.4 Å².